The molecule has 0 radical (unpaired) electrons. The van der Waals surface area contributed by atoms with Gasteiger partial charge < -0.3 is 5.32 Å². The SMILES string of the molecule is CS(=O)(=O)N1CCC(CNC(=O)c2ccc(Br)cc2)CC1. The lowest BCUT2D eigenvalue weighted by Gasteiger charge is -2.30. The molecule has 0 bridgehead atoms. The summed E-state index contributed by atoms with van der Waals surface area (Å²) in [5.41, 5.74) is 0.631. The topological polar surface area (TPSA) is 66.5 Å². The highest BCUT2D eigenvalue weighted by atomic mass is 79.9. The van der Waals surface area contributed by atoms with E-state index in [0.29, 0.717) is 31.1 Å². The van der Waals surface area contributed by atoms with E-state index in [1.165, 1.54) is 10.6 Å². The first-order chi connectivity index (χ1) is 9.86. The van der Waals surface area contributed by atoms with Gasteiger partial charge in [-0.25, -0.2) is 12.7 Å². The summed E-state index contributed by atoms with van der Waals surface area (Å²) in [5.74, 6) is 0.246. The maximum atomic E-state index is 12.0. The monoisotopic (exact) mass is 374 g/mol. The molecular formula is C14H19BrN2O3S. The van der Waals surface area contributed by atoms with Crippen molar-refractivity contribution in [2.24, 2.45) is 5.92 Å². The highest BCUT2D eigenvalue weighted by Gasteiger charge is 2.25. The van der Waals surface area contributed by atoms with Crippen LogP contribution in [0.15, 0.2) is 28.7 Å². The van der Waals surface area contributed by atoms with E-state index in [1.807, 2.05) is 12.1 Å². The zero-order chi connectivity index (χ0) is 15.5. The number of amides is 1. The molecule has 1 aromatic rings. The van der Waals surface area contributed by atoms with Gasteiger partial charge in [0.15, 0.2) is 0 Å². The van der Waals surface area contributed by atoms with Crippen LogP contribution in [0.1, 0.15) is 23.2 Å². The van der Waals surface area contributed by atoms with Crippen molar-refractivity contribution in [3.63, 3.8) is 0 Å². The number of nitrogens with one attached hydrogen (secondary N) is 1. The molecule has 1 N–H and O–H groups in total. The van der Waals surface area contributed by atoms with Crippen molar-refractivity contribution in [1.29, 1.82) is 0 Å². The minimum atomic E-state index is -3.09. The molecule has 1 aromatic carbocycles. The first kappa shape index (κ1) is 16.5. The maximum absolute atomic E-state index is 12.0. The molecule has 1 amide bonds. The Hall–Kier alpha value is -0.920. The molecule has 0 atom stereocenters. The first-order valence-corrected chi connectivity index (χ1v) is 9.49. The highest BCUT2D eigenvalue weighted by Crippen LogP contribution is 2.18. The van der Waals surface area contributed by atoms with Gasteiger partial charge >= 0.3 is 0 Å². The Labute approximate surface area is 133 Å². The van der Waals surface area contributed by atoms with E-state index in [2.05, 4.69) is 21.2 Å². The van der Waals surface area contributed by atoms with Gasteiger partial charge in [0.1, 0.15) is 0 Å². The lowest BCUT2D eigenvalue weighted by molar-refractivity contribution is 0.0941. The number of hydrogen-bond donors (Lipinski definition) is 1. The number of hydrogen-bond acceptors (Lipinski definition) is 3. The Morgan fingerprint density at radius 2 is 1.86 bits per heavy atom. The van der Waals surface area contributed by atoms with E-state index in [-0.39, 0.29) is 5.91 Å². The molecule has 5 nitrogen and oxygen atoms in total. The maximum Gasteiger partial charge on any atom is 0.251 e. The van der Waals surface area contributed by atoms with Crippen molar-refractivity contribution in [1.82, 2.24) is 9.62 Å². The number of carbonyl (C=O) groups is 1. The predicted molar refractivity (Wildman–Crippen MR) is 85.6 cm³/mol. The van der Waals surface area contributed by atoms with E-state index in [4.69, 9.17) is 0 Å². The number of piperidine rings is 1. The van der Waals surface area contributed by atoms with Gasteiger partial charge in [-0.3, -0.25) is 4.79 Å². The largest absolute Gasteiger partial charge is 0.352 e. The molecule has 1 heterocycles. The van der Waals surface area contributed by atoms with Crippen LogP contribution < -0.4 is 5.32 Å². The molecule has 0 unspecified atom stereocenters. The zero-order valence-electron chi connectivity index (χ0n) is 11.9. The molecule has 0 aromatic heterocycles. The molecule has 21 heavy (non-hydrogen) atoms. The minimum Gasteiger partial charge on any atom is -0.352 e. The second kappa shape index (κ2) is 6.89. The fraction of sp³-hybridized carbons (Fsp3) is 0.500. The quantitative estimate of drug-likeness (QED) is 0.874. The fourth-order valence-corrected chi connectivity index (χ4v) is 3.52. The predicted octanol–water partition coefficient (Wildman–Crippen LogP) is 1.85. The van der Waals surface area contributed by atoms with Gasteiger partial charge in [-0.15, -0.1) is 0 Å². The van der Waals surface area contributed by atoms with Crippen molar-refractivity contribution in [3.05, 3.63) is 34.3 Å². The Balaban J connectivity index is 1.79. The molecular weight excluding hydrogens is 356 g/mol. The van der Waals surface area contributed by atoms with E-state index in [1.54, 1.807) is 12.1 Å². The van der Waals surface area contributed by atoms with Gasteiger partial charge in [-0.1, -0.05) is 15.9 Å². The zero-order valence-corrected chi connectivity index (χ0v) is 14.3. The minimum absolute atomic E-state index is 0.0898. The van der Waals surface area contributed by atoms with Gasteiger partial charge in [-0.2, -0.15) is 0 Å². The normalized spacial score (nSPS) is 17.6. The summed E-state index contributed by atoms with van der Waals surface area (Å²) in [6.07, 6.45) is 2.81. The lowest BCUT2D eigenvalue weighted by Crippen LogP contribution is -2.41. The Kier molecular flexibility index (Phi) is 5.40. The smallest absolute Gasteiger partial charge is 0.251 e. The number of benzene rings is 1. The van der Waals surface area contributed by atoms with Crippen molar-refractivity contribution in [2.45, 2.75) is 12.8 Å². The van der Waals surface area contributed by atoms with Crippen molar-refractivity contribution < 1.29 is 13.2 Å². The van der Waals surface area contributed by atoms with Gasteiger partial charge in [0.05, 0.1) is 6.26 Å². The summed E-state index contributed by atoms with van der Waals surface area (Å²) < 4.78 is 25.3. The summed E-state index contributed by atoms with van der Waals surface area (Å²) in [7, 11) is -3.09. The third-order valence-corrected chi connectivity index (χ3v) is 5.53. The Morgan fingerprint density at radius 3 is 2.38 bits per heavy atom. The van der Waals surface area contributed by atoms with Crippen LogP contribution in [-0.4, -0.2) is 44.5 Å². The number of nitrogens with zero attached hydrogens (tertiary/aromatic N) is 1. The third-order valence-electron chi connectivity index (χ3n) is 3.70. The summed E-state index contributed by atoms with van der Waals surface area (Å²) in [6.45, 7) is 1.67. The van der Waals surface area contributed by atoms with Crippen LogP contribution in [0.5, 0.6) is 0 Å². The number of rotatable bonds is 4. The summed E-state index contributed by atoms with van der Waals surface area (Å²) in [6, 6.07) is 7.20. The number of halogens is 1. The van der Waals surface area contributed by atoms with Gasteiger partial charge in [0.25, 0.3) is 5.91 Å². The van der Waals surface area contributed by atoms with E-state index in [9.17, 15) is 13.2 Å². The Bertz CT molecular complexity index is 593. The van der Waals surface area contributed by atoms with Crippen LogP contribution in [0, 0.1) is 5.92 Å². The van der Waals surface area contributed by atoms with Crippen molar-refractivity contribution in [3.8, 4) is 0 Å². The van der Waals surface area contributed by atoms with Gasteiger partial charge in [-0.05, 0) is 43.0 Å². The van der Waals surface area contributed by atoms with E-state index >= 15 is 0 Å². The summed E-state index contributed by atoms with van der Waals surface area (Å²) in [4.78, 5) is 12.0. The number of sulfonamides is 1. The molecule has 7 heteroatoms. The average molecular weight is 375 g/mol. The van der Waals surface area contributed by atoms with E-state index in [0.717, 1.165) is 17.3 Å². The summed E-state index contributed by atoms with van der Waals surface area (Å²) >= 11 is 3.33. The average Bonchev–Trinajstić information content (AvgIpc) is 2.45. The Morgan fingerprint density at radius 1 is 1.29 bits per heavy atom. The van der Waals surface area contributed by atoms with Crippen LogP contribution in [0.25, 0.3) is 0 Å². The molecule has 0 saturated carbocycles. The second-order valence-corrected chi connectivity index (χ2v) is 8.22. The molecule has 1 aliphatic rings. The fourth-order valence-electron chi connectivity index (χ4n) is 2.39. The van der Waals surface area contributed by atoms with Gasteiger partial charge in [0.2, 0.25) is 10.0 Å². The number of carbonyl (C=O) groups excluding carboxylic acids is 1. The molecule has 2 rings (SSSR count). The van der Waals surface area contributed by atoms with Crippen LogP contribution in [0.3, 0.4) is 0 Å². The van der Waals surface area contributed by atoms with Crippen LogP contribution in [0.4, 0.5) is 0 Å². The molecule has 1 fully saturated rings. The lowest BCUT2D eigenvalue weighted by atomic mass is 9.98. The highest BCUT2D eigenvalue weighted by molar-refractivity contribution is 9.10. The van der Waals surface area contributed by atoms with E-state index < -0.39 is 10.0 Å². The van der Waals surface area contributed by atoms with Crippen molar-refractivity contribution >= 4 is 31.9 Å². The van der Waals surface area contributed by atoms with Gasteiger partial charge in [0, 0.05) is 29.7 Å². The van der Waals surface area contributed by atoms with Crippen molar-refractivity contribution in [2.75, 3.05) is 25.9 Å². The van der Waals surface area contributed by atoms with Crippen LogP contribution in [0.2, 0.25) is 0 Å². The molecule has 1 aliphatic heterocycles. The first-order valence-electron chi connectivity index (χ1n) is 6.85. The third kappa shape index (κ3) is 4.79. The molecule has 116 valence electrons. The summed E-state index contributed by atoms with van der Waals surface area (Å²) in [5, 5.41) is 2.92. The standard InChI is InChI=1S/C14H19BrN2O3S/c1-21(19,20)17-8-6-11(7-9-17)10-16-14(18)12-2-4-13(15)5-3-12/h2-5,11H,6-10H2,1H3,(H,16,18). The van der Waals surface area contributed by atoms with Crippen LogP contribution in [-0.2, 0) is 10.0 Å². The molecule has 0 spiro atoms. The second-order valence-electron chi connectivity index (χ2n) is 5.32. The molecule has 0 aliphatic carbocycles. The van der Waals surface area contributed by atoms with Crippen LogP contribution >= 0.6 is 15.9 Å². The molecule has 1 saturated heterocycles.